The molecule has 1 aromatic rings. The van der Waals surface area contributed by atoms with E-state index in [-0.39, 0.29) is 24.5 Å². The smallest absolute Gasteiger partial charge is 0.249 e. The van der Waals surface area contributed by atoms with Gasteiger partial charge in [0, 0.05) is 20.2 Å². The van der Waals surface area contributed by atoms with Gasteiger partial charge < -0.3 is 15.0 Å². The molecule has 0 bridgehead atoms. The number of amides is 2. The van der Waals surface area contributed by atoms with E-state index in [0.29, 0.717) is 13.2 Å². The van der Waals surface area contributed by atoms with Gasteiger partial charge in [0.05, 0.1) is 6.54 Å². The molecule has 5 nitrogen and oxygen atoms in total. The average Bonchev–Trinajstić information content (AvgIpc) is 2.99. The Labute approximate surface area is 118 Å². The Balaban J connectivity index is 1.75. The molecule has 2 amide bonds. The summed E-state index contributed by atoms with van der Waals surface area (Å²) >= 11 is 0. The molecule has 0 saturated carbocycles. The van der Waals surface area contributed by atoms with Crippen molar-refractivity contribution >= 4 is 11.8 Å². The highest BCUT2D eigenvalue weighted by Gasteiger charge is 2.24. The van der Waals surface area contributed by atoms with Gasteiger partial charge in [-0.15, -0.1) is 0 Å². The number of benzene rings is 1. The first-order valence-electron chi connectivity index (χ1n) is 6.84. The SMILES string of the molecule is CN(Cc1ccccc1)C(=O)CNC(=O)C1CCCO1. The molecule has 108 valence electrons. The van der Waals surface area contributed by atoms with Gasteiger partial charge in [0.15, 0.2) is 0 Å². The molecule has 1 aromatic carbocycles. The summed E-state index contributed by atoms with van der Waals surface area (Å²) in [5.74, 6) is -0.302. The highest BCUT2D eigenvalue weighted by molar-refractivity contribution is 5.86. The number of ether oxygens (including phenoxy) is 1. The topological polar surface area (TPSA) is 58.6 Å². The molecule has 0 aliphatic carbocycles. The van der Waals surface area contributed by atoms with Gasteiger partial charge in [-0.25, -0.2) is 0 Å². The second kappa shape index (κ2) is 7.05. The van der Waals surface area contributed by atoms with E-state index in [4.69, 9.17) is 4.74 Å². The van der Waals surface area contributed by atoms with E-state index in [0.717, 1.165) is 18.4 Å². The van der Waals surface area contributed by atoms with E-state index in [9.17, 15) is 9.59 Å². The van der Waals surface area contributed by atoms with Crippen molar-refractivity contribution in [3.05, 3.63) is 35.9 Å². The minimum Gasteiger partial charge on any atom is -0.368 e. The molecule has 5 heteroatoms. The molecule has 1 aliphatic rings. The lowest BCUT2D eigenvalue weighted by Gasteiger charge is -2.18. The molecule has 2 rings (SSSR count). The lowest BCUT2D eigenvalue weighted by molar-refractivity contribution is -0.135. The first-order valence-corrected chi connectivity index (χ1v) is 6.84. The summed E-state index contributed by atoms with van der Waals surface area (Å²) < 4.78 is 5.27. The van der Waals surface area contributed by atoms with E-state index in [2.05, 4.69) is 5.32 Å². The number of nitrogens with one attached hydrogen (secondary N) is 1. The summed E-state index contributed by atoms with van der Waals surface area (Å²) in [6.45, 7) is 1.18. The van der Waals surface area contributed by atoms with Crippen LogP contribution in [0.4, 0.5) is 0 Å². The number of carbonyl (C=O) groups is 2. The van der Waals surface area contributed by atoms with Crippen LogP contribution in [0.2, 0.25) is 0 Å². The third kappa shape index (κ3) is 4.06. The molecule has 1 aliphatic heterocycles. The fourth-order valence-electron chi connectivity index (χ4n) is 2.14. The summed E-state index contributed by atoms with van der Waals surface area (Å²) in [4.78, 5) is 25.3. The molecule has 1 saturated heterocycles. The number of nitrogens with zero attached hydrogens (tertiary/aromatic N) is 1. The van der Waals surface area contributed by atoms with Gasteiger partial charge >= 0.3 is 0 Å². The Morgan fingerprint density at radius 1 is 1.35 bits per heavy atom. The molecule has 1 fully saturated rings. The maximum Gasteiger partial charge on any atom is 0.249 e. The number of hydrogen-bond donors (Lipinski definition) is 1. The maximum absolute atomic E-state index is 11.9. The van der Waals surface area contributed by atoms with Gasteiger partial charge in [0.25, 0.3) is 0 Å². The molecule has 1 unspecified atom stereocenters. The van der Waals surface area contributed by atoms with E-state index >= 15 is 0 Å². The second-order valence-electron chi connectivity index (χ2n) is 4.95. The highest BCUT2D eigenvalue weighted by atomic mass is 16.5. The summed E-state index contributed by atoms with van der Waals surface area (Å²) in [7, 11) is 1.73. The largest absolute Gasteiger partial charge is 0.368 e. The first kappa shape index (κ1) is 14.5. The molecule has 0 spiro atoms. The predicted molar refractivity (Wildman–Crippen MR) is 74.9 cm³/mol. The zero-order chi connectivity index (χ0) is 14.4. The zero-order valence-corrected chi connectivity index (χ0v) is 11.7. The van der Waals surface area contributed by atoms with Crippen LogP contribution in [0.15, 0.2) is 30.3 Å². The molecule has 1 N–H and O–H groups in total. The average molecular weight is 276 g/mol. The van der Waals surface area contributed by atoms with Crippen LogP contribution in [0.1, 0.15) is 18.4 Å². The van der Waals surface area contributed by atoms with Crippen molar-refractivity contribution < 1.29 is 14.3 Å². The summed E-state index contributed by atoms with van der Waals surface area (Å²) in [5, 5.41) is 2.64. The third-order valence-corrected chi connectivity index (χ3v) is 3.32. The van der Waals surface area contributed by atoms with Crippen LogP contribution >= 0.6 is 0 Å². The van der Waals surface area contributed by atoms with Gasteiger partial charge in [-0.05, 0) is 18.4 Å². The van der Waals surface area contributed by atoms with Gasteiger partial charge in [-0.1, -0.05) is 30.3 Å². The molecule has 20 heavy (non-hydrogen) atoms. The van der Waals surface area contributed by atoms with Crippen LogP contribution < -0.4 is 5.32 Å². The number of hydrogen-bond acceptors (Lipinski definition) is 3. The minimum atomic E-state index is -0.387. The standard InChI is InChI=1S/C15H20N2O3/c1-17(11-12-6-3-2-4-7-12)14(18)10-16-15(19)13-8-5-9-20-13/h2-4,6-7,13H,5,8-11H2,1H3,(H,16,19). The van der Waals surface area contributed by atoms with Crippen LogP contribution in [-0.4, -0.2) is 43.0 Å². The summed E-state index contributed by atoms with van der Waals surface area (Å²) in [6, 6.07) is 9.75. The zero-order valence-electron chi connectivity index (χ0n) is 11.7. The Hall–Kier alpha value is -1.88. The van der Waals surface area contributed by atoms with Gasteiger partial charge in [0.2, 0.25) is 11.8 Å². The first-order chi connectivity index (χ1) is 9.66. The van der Waals surface area contributed by atoms with Crippen molar-refractivity contribution in [1.29, 1.82) is 0 Å². The predicted octanol–water partition coefficient (Wildman–Crippen LogP) is 0.940. The van der Waals surface area contributed by atoms with Crippen molar-refractivity contribution in [3.8, 4) is 0 Å². The summed E-state index contributed by atoms with van der Waals surface area (Å²) in [5.41, 5.74) is 1.06. The quantitative estimate of drug-likeness (QED) is 0.870. The Bertz CT molecular complexity index is 455. The summed E-state index contributed by atoms with van der Waals surface area (Å²) in [6.07, 6.45) is 1.25. The fourth-order valence-corrected chi connectivity index (χ4v) is 2.14. The molecule has 0 aromatic heterocycles. The van der Waals surface area contributed by atoms with Crippen molar-refractivity contribution in [1.82, 2.24) is 10.2 Å². The van der Waals surface area contributed by atoms with Crippen LogP contribution in [0.25, 0.3) is 0 Å². The van der Waals surface area contributed by atoms with Crippen LogP contribution in [0.5, 0.6) is 0 Å². The monoisotopic (exact) mass is 276 g/mol. The molecular formula is C15H20N2O3. The van der Waals surface area contributed by atoms with Crippen molar-refractivity contribution in [2.75, 3.05) is 20.2 Å². The van der Waals surface area contributed by atoms with E-state index < -0.39 is 0 Å². The van der Waals surface area contributed by atoms with Gasteiger partial charge in [0.1, 0.15) is 6.10 Å². The lowest BCUT2D eigenvalue weighted by Crippen LogP contribution is -2.41. The molecular weight excluding hydrogens is 256 g/mol. The Morgan fingerprint density at radius 2 is 2.10 bits per heavy atom. The fraction of sp³-hybridized carbons (Fsp3) is 0.467. The van der Waals surface area contributed by atoms with Gasteiger partial charge in [-0.2, -0.15) is 0 Å². The van der Waals surface area contributed by atoms with Crippen LogP contribution in [0, 0.1) is 0 Å². The second-order valence-corrected chi connectivity index (χ2v) is 4.95. The van der Waals surface area contributed by atoms with Crippen LogP contribution in [0.3, 0.4) is 0 Å². The van der Waals surface area contributed by atoms with Crippen molar-refractivity contribution in [3.63, 3.8) is 0 Å². The molecule has 1 heterocycles. The normalized spacial score (nSPS) is 17.8. The van der Waals surface area contributed by atoms with E-state index in [1.54, 1.807) is 11.9 Å². The number of carbonyl (C=O) groups excluding carboxylic acids is 2. The van der Waals surface area contributed by atoms with Crippen molar-refractivity contribution in [2.45, 2.75) is 25.5 Å². The maximum atomic E-state index is 11.9. The lowest BCUT2D eigenvalue weighted by atomic mass is 10.2. The Morgan fingerprint density at radius 3 is 2.75 bits per heavy atom. The van der Waals surface area contributed by atoms with Crippen LogP contribution in [-0.2, 0) is 20.9 Å². The number of likely N-dealkylation sites (N-methyl/N-ethyl adjacent to an activating group) is 1. The highest BCUT2D eigenvalue weighted by Crippen LogP contribution is 2.11. The van der Waals surface area contributed by atoms with E-state index in [1.807, 2.05) is 30.3 Å². The Kier molecular flexibility index (Phi) is 5.12. The van der Waals surface area contributed by atoms with Crippen molar-refractivity contribution in [2.24, 2.45) is 0 Å². The third-order valence-electron chi connectivity index (χ3n) is 3.32. The van der Waals surface area contributed by atoms with E-state index in [1.165, 1.54) is 0 Å². The van der Waals surface area contributed by atoms with Gasteiger partial charge in [-0.3, -0.25) is 9.59 Å². The number of rotatable bonds is 5. The minimum absolute atomic E-state index is 0.0159. The molecule has 1 atom stereocenters. The molecule has 0 radical (unpaired) electrons.